The minimum Gasteiger partial charge on any atom is -0.350 e. The first-order chi connectivity index (χ1) is 9.11. The number of hydrogen-bond acceptors (Lipinski definition) is 4. The monoisotopic (exact) mass is 266 g/mol. The number of aryl methyl sites for hydroxylation is 1. The van der Waals surface area contributed by atoms with E-state index in [0.717, 1.165) is 31.5 Å². The van der Waals surface area contributed by atoms with E-state index in [4.69, 9.17) is 0 Å². The van der Waals surface area contributed by atoms with Gasteiger partial charge in [0.05, 0.1) is 12.7 Å². The fraction of sp³-hybridized carbons (Fsp3) is 0.692. The van der Waals surface area contributed by atoms with Crippen molar-refractivity contribution < 1.29 is 9.59 Å². The highest BCUT2D eigenvalue weighted by Crippen LogP contribution is 2.00. The second-order valence-corrected chi connectivity index (χ2v) is 4.66. The lowest BCUT2D eigenvalue weighted by atomic mass is 10.2. The predicted octanol–water partition coefficient (Wildman–Crippen LogP) is 1.45. The van der Waals surface area contributed by atoms with Crippen LogP contribution in [0.2, 0.25) is 0 Å². The van der Waals surface area contributed by atoms with E-state index in [1.54, 1.807) is 11.6 Å². The topological polar surface area (TPSA) is 76.9 Å². The summed E-state index contributed by atoms with van der Waals surface area (Å²) >= 11 is 0. The number of aromatic nitrogens is 3. The molecule has 0 unspecified atom stereocenters. The number of amides is 1. The van der Waals surface area contributed by atoms with Crippen molar-refractivity contribution in [3.05, 3.63) is 11.9 Å². The average Bonchev–Trinajstić information content (AvgIpc) is 2.80. The van der Waals surface area contributed by atoms with E-state index in [9.17, 15) is 9.59 Å². The van der Waals surface area contributed by atoms with Gasteiger partial charge in [-0.3, -0.25) is 9.48 Å². The van der Waals surface area contributed by atoms with Crippen molar-refractivity contribution in [2.75, 3.05) is 0 Å². The fourth-order valence-electron chi connectivity index (χ4n) is 1.68. The van der Waals surface area contributed by atoms with Crippen molar-refractivity contribution in [2.45, 2.75) is 59.0 Å². The lowest BCUT2D eigenvalue weighted by Gasteiger charge is -2.00. The Morgan fingerprint density at radius 1 is 1.32 bits per heavy atom. The summed E-state index contributed by atoms with van der Waals surface area (Å²) in [5.41, 5.74) is 0.760. The Balaban J connectivity index is 2.24. The molecule has 0 aliphatic carbocycles. The highest BCUT2D eigenvalue weighted by atomic mass is 16.1. The molecule has 6 nitrogen and oxygen atoms in total. The SMILES string of the molecule is CCCC(=O)NCc1cn(CCCCC(C)=O)nn1. The van der Waals surface area contributed by atoms with E-state index in [1.807, 2.05) is 13.1 Å². The van der Waals surface area contributed by atoms with Crippen LogP contribution in [0.3, 0.4) is 0 Å². The van der Waals surface area contributed by atoms with E-state index in [2.05, 4.69) is 15.6 Å². The highest BCUT2D eigenvalue weighted by Gasteiger charge is 2.03. The Kier molecular flexibility index (Phi) is 6.78. The fourth-order valence-corrected chi connectivity index (χ4v) is 1.68. The molecule has 19 heavy (non-hydrogen) atoms. The number of nitrogens with one attached hydrogen (secondary N) is 1. The minimum atomic E-state index is 0.0403. The molecular weight excluding hydrogens is 244 g/mol. The van der Waals surface area contributed by atoms with Gasteiger partial charge in [-0.15, -0.1) is 5.10 Å². The van der Waals surface area contributed by atoms with Gasteiger partial charge >= 0.3 is 0 Å². The molecule has 6 heteroatoms. The number of unbranched alkanes of at least 4 members (excludes halogenated alkanes) is 1. The van der Waals surface area contributed by atoms with Gasteiger partial charge in [0.1, 0.15) is 11.5 Å². The standard InChI is InChI=1S/C13H22N4O2/c1-3-6-13(19)14-9-12-10-17(16-15-12)8-5-4-7-11(2)18/h10H,3-9H2,1-2H3,(H,14,19). The van der Waals surface area contributed by atoms with E-state index in [-0.39, 0.29) is 11.7 Å². The molecule has 1 heterocycles. The number of Topliss-reactive ketones (excluding diaryl/α,β-unsaturated/α-hetero) is 1. The summed E-state index contributed by atoms with van der Waals surface area (Å²) in [7, 11) is 0. The van der Waals surface area contributed by atoms with Gasteiger partial charge in [-0.1, -0.05) is 12.1 Å². The van der Waals surface area contributed by atoms with Crippen LogP contribution in [-0.2, 0) is 22.7 Å². The van der Waals surface area contributed by atoms with Crippen LogP contribution in [0.15, 0.2) is 6.20 Å². The molecule has 0 atom stereocenters. The zero-order chi connectivity index (χ0) is 14.1. The summed E-state index contributed by atoms with van der Waals surface area (Å²) in [6.07, 6.45) is 5.62. The van der Waals surface area contributed by atoms with Crippen molar-refractivity contribution >= 4 is 11.7 Å². The highest BCUT2D eigenvalue weighted by molar-refractivity contribution is 5.75. The summed E-state index contributed by atoms with van der Waals surface area (Å²) in [6.45, 7) is 4.75. The van der Waals surface area contributed by atoms with Crippen LogP contribution in [-0.4, -0.2) is 26.7 Å². The molecule has 106 valence electrons. The number of hydrogen-bond donors (Lipinski definition) is 1. The minimum absolute atomic E-state index is 0.0403. The van der Waals surface area contributed by atoms with Gasteiger partial charge in [0.2, 0.25) is 5.91 Å². The van der Waals surface area contributed by atoms with E-state index in [0.29, 0.717) is 19.4 Å². The Labute approximate surface area is 113 Å². The maximum Gasteiger partial charge on any atom is 0.220 e. The molecule has 0 aliphatic rings. The number of ketones is 1. The third-order valence-corrected chi connectivity index (χ3v) is 2.70. The molecular formula is C13H22N4O2. The smallest absolute Gasteiger partial charge is 0.220 e. The van der Waals surface area contributed by atoms with Gasteiger partial charge in [-0.05, 0) is 26.2 Å². The van der Waals surface area contributed by atoms with Crippen molar-refractivity contribution in [1.29, 1.82) is 0 Å². The van der Waals surface area contributed by atoms with Crippen LogP contribution in [0, 0.1) is 0 Å². The second-order valence-electron chi connectivity index (χ2n) is 4.66. The number of carbonyl (C=O) groups excluding carboxylic acids is 2. The number of nitrogens with zero attached hydrogens (tertiary/aromatic N) is 3. The maximum atomic E-state index is 11.3. The predicted molar refractivity (Wildman–Crippen MR) is 71.3 cm³/mol. The number of carbonyl (C=O) groups is 2. The van der Waals surface area contributed by atoms with Crippen LogP contribution in [0.4, 0.5) is 0 Å². The first-order valence-electron chi connectivity index (χ1n) is 6.77. The average molecular weight is 266 g/mol. The summed E-state index contributed by atoms with van der Waals surface area (Å²) in [6, 6.07) is 0. The summed E-state index contributed by atoms with van der Waals surface area (Å²) in [4.78, 5) is 22.1. The van der Waals surface area contributed by atoms with Crippen molar-refractivity contribution in [1.82, 2.24) is 20.3 Å². The van der Waals surface area contributed by atoms with Crippen molar-refractivity contribution in [3.8, 4) is 0 Å². The lowest BCUT2D eigenvalue weighted by Crippen LogP contribution is -2.22. The third kappa shape index (κ3) is 6.69. The molecule has 1 amide bonds. The van der Waals surface area contributed by atoms with Gasteiger partial charge in [0.15, 0.2) is 0 Å². The van der Waals surface area contributed by atoms with Crippen molar-refractivity contribution in [2.24, 2.45) is 0 Å². The molecule has 0 saturated carbocycles. The number of rotatable bonds is 9. The Bertz CT molecular complexity index is 415. The molecule has 1 aromatic rings. The molecule has 0 fully saturated rings. The molecule has 1 N–H and O–H groups in total. The van der Waals surface area contributed by atoms with E-state index < -0.39 is 0 Å². The molecule has 0 saturated heterocycles. The van der Waals surface area contributed by atoms with Crippen LogP contribution in [0.25, 0.3) is 0 Å². The Hall–Kier alpha value is -1.72. The lowest BCUT2D eigenvalue weighted by molar-refractivity contribution is -0.121. The molecule has 0 radical (unpaired) electrons. The molecule has 1 aromatic heterocycles. The first-order valence-corrected chi connectivity index (χ1v) is 6.77. The quantitative estimate of drug-likeness (QED) is 0.686. The van der Waals surface area contributed by atoms with Crippen LogP contribution >= 0.6 is 0 Å². The first kappa shape index (κ1) is 15.3. The third-order valence-electron chi connectivity index (χ3n) is 2.70. The molecule has 0 aromatic carbocycles. The normalized spacial score (nSPS) is 10.4. The zero-order valence-electron chi connectivity index (χ0n) is 11.7. The van der Waals surface area contributed by atoms with Crippen LogP contribution in [0.1, 0.15) is 51.6 Å². The summed E-state index contributed by atoms with van der Waals surface area (Å²) in [5, 5.41) is 10.8. The molecule has 0 spiro atoms. The van der Waals surface area contributed by atoms with Gasteiger partial charge in [-0.25, -0.2) is 0 Å². The van der Waals surface area contributed by atoms with E-state index in [1.165, 1.54) is 0 Å². The van der Waals surface area contributed by atoms with Crippen LogP contribution in [0.5, 0.6) is 0 Å². The maximum absolute atomic E-state index is 11.3. The molecule has 1 rings (SSSR count). The Morgan fingerprint density at radius 3 is 2.79 bits per heavy atom. The molecule has 0 aliphatic heterocycles. The largest absolute Gasteiger partial charge is 0.350 e. The van der Waals surface area contributed by atoms with Crippen LogP contribution < -0.4 is 5.32 Å². The van der Waals surface area contributed by atoms with Gasteiger partial charge in [0.25, 0.3) is 0 Å². The van der Waals surface area contributed by atoms with Gasteiger partial charge in [0, 0.05) is 19.4 Å². The summed E-state index contributed by atoms with van der Waals surface area (Å²) < 4.78 is 1.75. The molecule has 0 bridgehead atoms. The van der Waals surface area contributed by atoms with Gasteiger partial charge in [-0.2, -0.15) is 0 Å². The van der Waals surface area contributed by atoms with E-state index >= 15 is 0 Å². The second kappa shape index (κ2) is 8.39. The van der Waals surface area contributed by atoms with Gasteiger partial charge < -0.3 is 10.1 Å². The Morgan fingerprint density at radius 2 is 2.11 bits per heavy atom. The van der Waals surface area contributed by atoms with Crippen molar-refractivity contribution in [3.63, 3.8) is 0 Å². The zero-order valence-corrected chi connectivity index (χ0v) is 11.7. The summed E-state index contributed by atoms with van der Waals surface area (Å²) in [5.74, 6) is 0.261.